The highest BCUT2D eigenvalue weighted by atomic mass is 16.5. The number of ketones is 1. The molecule has 0 saturated carbocycles. The second-order valence-electron chi connectivity index (χ2n) is 8.48. The van der Waals surface area contributed by atoms with Crippen LogP contribution in [-0.2, 0) is 4.74 Å². The van der Waals surface area contributed by atoms with Crippen molar-refractivity contribution in [2.24, 2.45) is 0 Å². The third kappa shape index (κ3) is 10.2. The van der Waals surface area contributed by atoms with E-state index >= 15 is 0 Å². The van der Waals surface area contributed by atoms with Gasteiger partial charge in [0.25, 0.3) is 0 Å². The zero-order valence-corrected chi connectivity index (χ0v) is 18.4. The molecule has 1 aromatic heterocycles. The van der Waals surface area contributed by atoms with E-state index in [2.05, 4.69) is 16.8 Å². The fraction of sp³-hybridized carbons (Fsp3) is 0.750. The number of nitrogen functional groups attached to an aromatic ring is 1. The summed E-state index contributed by atoms with van der Waals surface area (Å²) in [6, 6.07) is 3.54. The van der Waals surface area contributed by atoms with Gasteiger partial charge in [0.15, 0.2) is 5.78 Å². The van der Waals surface area contributed by atoms with Crippen LogP contribution in [0.5, 0.6) is 0 Å². The molecule has 0 bridgehead atoms. The maximum Gasteiger partial charge on any atom is 0.166 e. The van der Waals surface area contributed by atoms with E-state index in [1.54, 1.807) is 18.3 Å². The molecule has 0 aliphatic carbocycles. The summed E-state index contributed by atoms with van der Waals surface area (Å²) in [5.41, 5.74) is 6.33. The second kappa shape index (κ2) is 14.5. The first kappa shape index (κ1) is 23.8. The number of morpholine rings is 1. The molecular formula is C24H41N3O2. The minimum absolute atomic E-state index is 0.124. The maximum absolute atomic E-state index is 12.1. The summed E-state index contributed by atoms with van der Waals surface area (Å²) in [4.78, 5) is 18.7. The van der Waals surface area contributed by atoms with Crippen LogP contribution in [0, 0.1) is 0 Å². The van der Waals surface area contributed by atoms with Gasteiger partial charge in [0, 0.05) is 25.7 Å². The van der Waals surface area contributed by atoms with Gasteiger partial charge in [0.1, 0.15) is 5.82 Å². The van der Waals surface area contributed by atoms with Gasteiger partial charge in [-0.15, -0.1) is 0 Å². The molecular weight excluding hydrogens is 362 g/mol. The minimum atomic E-state index is 0.124. The average molecular weight is 404 g/mol. The van der Waals surface area contributed by atoms with Gasteiger partial charge in [0.05, 0.1) is 18.3 Å². The van der Waals surface area contributed by atoms with Gasteiger partial charge in [-0.3, -0.25) is 9.69 Å². The Morgan fingerprint density at radius 1 is 1.07 bits per heavy atom. The summed E-state index contributed by atoms with van der Waals surface area (Å²) < 4.78 is 5.59. The zero-order chi connectivity index (χ0) is 20.7. The Balaban J connectivity index is 1.33. The van der Waals surface area contributed by atoms with Crippen LogP contribution in [0.3, 0.4) is 0 Å². The molecule has 0 radical (unpaired) electrons. The Morgan fingerprint density at radius 3 is 2.31 bits per heavy atom. The smallest absolute Gasteiger partial charge is 0.166 e. The van der Waals surface area contributed by atoms with Crippen molar-refractivity contribution < 1.29 is 9.53 Å². The molecule has 29 heavy (non-hydrogen) atoms. The summed E-state index contributed by atoms with van der Waals surface area (Å²) in [5, 5.41) is 0. The molecule has 0 aromatic carbocycles. The molecule has 5 heteroatoms. The Bertz CT molecular complexity index is 579. The van der Waals surface area contributed by atoms with Crippen molar-refractivity contribution in [1.29, 1.82) is 0 Å². The lowest BCUT2D eigenvalue weighted by molar-refractivity contribution is -0.0186. The highest BCUT2D eigenvalue weighted by molar-refractivity contribution is 5.99. The Hall–Kier alpha value is -1.46. The third-order valence-corrected chi connectivity index (χ3v) is 5.84. The molecule has 2 rings (SSSR count). The van der Waals surface area contributed by atoms with Gasteiger partial charge in [0.2, 0.25) is 0 Å². The van der Waals surface area contributed by atoms with Crippen LogP contribution in [0.1, 0.15) is 94.3 Å². The minimum Gasteiger partial charge on any atom is -0.383 e. The monoisotopic (exact) mass is 403 g/mol. The predicted molar refractivity (Wildman–Crippen MR) is 120 cm³/mol. The van der Waals surface area contributed by atoms with Gasteiger partial charge < -0.3 is 10.5 Å². The van der Waals surface area contributed by atoms with Crippen LogP contribution in [0.15, 0.2) is 18.3 Å². The molecule has 1 aliphatic heterocycles. The molecule has 164 valence electrons. The van der Waals surface area contributed by atoms with Crippen LogP contribution >= 0.6 is 0 Å². The van der Waals surface area contributed by atoms with Gasteiger partial charge in [-0.25, -0.2) is 4.98 Å². The third-order valence-electron chi connectivity index (χ3n) is 5.84. The number of nitrogens with two attached hydrogens (primary N) is 1. The first-order chi connectivity index (χ1) is 14.2. The normalized spacial score (nSPS) is 17.5. The van der Waals surface area contributed by atoms with Crippen molar-refractivity contribution in [3.05, 3.63) is 23.9 Å². The lowest BCUT2D eigenvalue weighted by Crippen LogP contribution is -2.41. The van der Waals surface area contributed by atoms with E-state index in [0.29, 0.717) is 23.9 Å². The molecule has 2 heterocycles. The fourth-order valence-corrected chi connectivity index (χ4v) is 4.09. The van der Waals surface area contributed by atoms with Crippen LogP contribution in [0.4, 0.5) is 5.82 Å². The number of hydrogen-bond donors (Lipinski definition) is 1. The number of carbonyl (C=O) groups excluding carboxylic acids is 1. The fourth-order valence-electron chi connectivity index (χ4n) is 4.09. The lowest BCUT2D eigenvalue weighted by atomic mass is 10.0. The summed E-state index contributed by atoms with van der Waals surface area (Å²) in [6.45, 7) is 6.52. The Kier molecular flexibility index (Phi) is 11.9. The van der Waals surface area contributed by atoms with Crippen LogP contribution < -0.4 is 5.73 Å². The van der Waals surface area contributed by atoms with E-state index in [4.69, 9.17) is 10.5 Å². The Morgan fingerprint density at radius 2 is 1.69 bits per heavy atom. The van der Waals surface area contributed by atoms with Crippen molar-refractivity contribution >= 4 is 11.6 Å². The summed E-state index contributed by atoms with van der Waals surface area (Å²) in [6.07, 6.45) is 16.7. The standard InChI is InChI=1S/C24H41N3O2/c1-21-20-27(18-19-29-21)17-12-10-8-6-4-2-3-5-7-9-11-15-23(28)22-14-13-16-26-24(22)25/h13-14,16,21H,2-12,15,17-20H2,1H3,(H2,25,26). The number of hydrogen-bond acceptors (Lipinski definition) is 5. The summed E-state index contributed by atoms with van der Waals surface area (Å²) >= 11 is 0. The van der Waals surface area contributed by atoms with E-state index in [1.165, 1.54) is 64.3 Å². The predicted octanol–water partition coefficient (Wildman–Crippen LogP) is 5.25. The van der Waals surface area contributed by atoms with E-state index < -0.39 is 0 Å². The molecule has 1 saturated heterocycles. The number of unbranched alkanes of at least 4 members (excludes halogenated alkanes) is 10. The molecule has 1 fully saturated rings. The molecule has 1 unspecified atom stereocenters. The number of aromatic nitrogens is 1. The SMILES string of the molecule is CC1CN(CCCCCCCCCCCCCC(=O)c2cccnc2N)CCO1. The summed E-state index contributed by atoms with van der Waals surface area (Å²) in [5.74, 6) is 0.479. The molecule has 5 nitrogen and oxygen atoms in total. The second-order valence-corrected chi connectivity index (χ2v) is 8.48. The van der Waals surface area contributed by atoms with Crippen LogP contribution in [0.2, 0.25) is 0 Å². The van der Waals surface area contributed by atoms with Crippen LogP contribution in [0.25, 0.3) is 0 Å². The maximum atomic E-state index is 12.1. The molecule has 0 spiro atoms. The quantitative estimate of drug-likeness (QED) is 0.320. The zero-order valence-electron chi connectivity index (χ0n) is 18.4. The molecule has 0 amide bonds. The summed E-state index contributed by atoms with van der Waals surface area (Å²) in [7, 11) is 0. The van der Waals surface area contributed by atoms with Crippen molar-refractivity contribution in [3.8, 4) is 0 Å². The van der Waals surface area contributed by atoms with Gasteiger partial charge in [-0.05, 0) is 38.4 Å². The first-order valence-corrected chi connectivity index (χ1v) is 11.7. The first-order valence-electron chi connectivity index (χ1n) is 11.7. The number of Topliss-reactive ketones (excluding diaryl/α,β-unsaturated/α-hetero) is 1. The van der Waals surface area contributed by atoms with Gasteiger partial charge >= 0.3 is 0 Å². The number of pyridine rings is 1. The largest absolute Gasteiger partial charge is 0.383 e. The van der Waals surface area contributed by atoms with Gasteiger partial charge in [-0.2, -0.15) is 0 Å². The molecule has 1 atom stereocenters. The topological polar surface area (TPSA) is 68.5 Å². The average Bonchev–Trinajstić information content (AvgIpc) is 2.71. The molecule has 1 aromatic rings. The number of ether oxygens (including phenoxy) is 1. The number of nitrogens with zero attached hydrogens (tertiary/aromatic N) is 2. The molecule has 1 aliphatic rings. The van der Waals surface area contributed by atoms with E-state index in [9.17, 15) is 4.79 Å². The highest BCUT2D eigenvalue weighted by Gasteiger charge is 2.15. The van der Waals surface area contributed by atoms with E-state index in [0.717, 1.165) is 32.5 Å². The van der Waals surface area contributed by atoms with Crippen molar-refractivity contribution in [2.75, 3.05) is 32.0 Å². The number of carbonyl (C=O) groups is 1. The van der Waals surface area contributed by atoms with Crippen molar-refractivity contribution in [2.45, 2.75) is 90.1 Å². The lowest BCUT2D eigenvalue weighted by Gasteiger charge is -2.30. The van der Waals surface area contributed by atoms with Crippen molar-refractivity contribution in [3.63, 3.8) is 0 Å². The van der Waals surface area contributed by atoms with E-state index in [-0.39, 0.29) is 5.78 Å². The number of anilines is 1. The van der Waals surface area contributed by atoms with Crippen LogP contribution in [-0.4, -0.2) is 48.0 Å². The van der Waals surface area contributed by atoms with Crippen molar-refractivity contribution in [1.82, 2.24) is 9.88 Å². The number of rotatable bonds is 15. The van der Waals surface area contributed by atoms with Gasteiger partial charge in [-0.1, -0.05) is 57.8 Å². The molecule has 2 N–H and O–H groups in total. The highest BCUT2D eigenvalue weighted by Crippen LogP contribution is 2.15. The Labute approximate surface area is 177 Å². The van der Waals surface area contributed by atoms with E-state index in [1.807, 2.05) is 0 Å².